The minimum absolute atomic E-state index is 0.109. The molecule has 0 bridgehead atoms. The number of nitrogens with one attached hydrogen (secondary N) is 1. The highest BCUT2D eigenvalue weighted by Crippen LogP contribution is 2.30. The van der Waals surface area contributed by atoms with Gasteiger partial charge in [0.2, 0.25) is 0 Å². The van der Waals surface area contributed by atoms with Crippen molar-refractivity contribution < 1.29 is 4.74 Å². The first kappa shape index (κ1) is 14.1. The number of rotatable bonds is 7. The topological polar surface area (TPSA) is 52.0 Å². The van der Waals surface area contributed by atoms with Crippen LogP contribution in [-0.2, 0) is 11.8 Å². The normalized spacial score (nSPS) is 16.8. The summed E-state index contributed by atoms with van der Waals surface area (Å²) in [6, 6.07) is 0.109. The van der Waals surface area contributed by atoms with E-state index in [1.165, 1.54) is 0 Å². The highest BCUT2D eigenvalue weighted by molar-refractivity contribution is 5.09. The highest BCUT2D eigenvalue weighted by atomic mass is 16.5. The Morgan fingerprint density at radius 2 is 2.24 bits per heavy atom. The number of aryl methyl sites for hydroxylation is 1. The van der Waals surface area contributed by atoms with Crippen molar-refractivity contribution in [1.29, 1.82) is 0 Å². The number of hydrogen-bond acceptors (Lipinski definition) is 4. The van der Waals surface area contributed by atoms with E-state index in [0.717, 1.165) is 25.1 Å². The predicted octanol–water partition coefficient (Wildman–Crippen LogP) is 1.67. The second-order valence-corrected chi connectivity index (χ2v) is 4.54. The lowest BCUT2D eigenvalue weighted by Crippen LogP contribution is -2.44. The van der Waals surface area contributed by atoms with Gasteiger partial charge in [-0.3, -0.25) is 4.68 Å². The number of aromatic nitrogens is 3. The molecule has 0 amide bonds. The molecule has 1 heterocycles. The number of ether oxygens (including phenoxy) is 1. The van der Waals surface area contributed by atoms with Gasteiger partial charge in [-0.15, -0.1) is 5.10 Å². The summed E-state index contributed by atoms with van der Waals surface area (Å²) in [5, 5.41) is 11.5. The average molecular weight is 240 g/mol. The van der Waals surface area contributed by atoms with Gasteiger partial charge >= 0.3 is 0 Å². The minimum atomic E-state index is -0.245. The molecule has 2 unspecified atom stereocenters. The Morgan fingerprint density at radius 1 is 1.53 bits per heavy atom. The van der Waals surface area contributed by atoms with Crippen molar-refractivity contribution in [3.05, 3.63) is 11.9 Å². The van der Waals surface area contributed by atoms with Gasteiger partial charge in [0.25, 0.3) is 0 Å². The third-order valence-electron chi connectivity index (χ3n) is 3.42. The van der Waals surface area contributed by atoms with E-state index in [1.807, 2.05) is 7.05 Å². The Balaban J connectivity index is 2.99. The van der Waals surface area contributed by atoms with E-state index in [4.69, 9.17) is 4.74 Å². The molecule has 5 heteroatoms. The molecule has 17 heavy (non-hydrogen) atoms. The molecule has 2 atom stereocenters. The van der Waals surface area contributed by atoms with Crippen molar-refractivity contribution >= 4 is 0 Å². The molecule has 0 saturated heterocycles. The van der Waals surface area contributed by atoms with Crippen LogP contribution in [0.1, 0.15) is 45.3 Å². The lowest BCUT2D eigenvalue weighted by molar-refractivity contribution is -0.0319. The lowest BCUT2D eigenvalue weighted by Gasteiger charge is -2.36. The molecular weight excluding hydrogens is 216 g/mol. The van der Waals surface area contributed by atoms with Crippen LogP contribution in [0.4, 0.5) is 0 Å². The Labute approximate surface area is 104 Å². The van der Waals surface area contributed by atoms with Crippen molar-refractivity contribution in [1.82, 2.24) is 20.3 Å². The van der Waals surface area contributed by atoms with Gasteiger partial charge < -0.3 is 10.1 Å². The molecule has 0 aliphatic heterocycles. The number of hydrogen-bond donors (Lipinski definition) is 1. The fraction of sp³-hybridized carbons (Fsp3) is 0.833. The van der Waals surface area contributed by atoms with Gasteiger partial charge in [-0.2, -0.15) is 0 Å². The molecule has 98 valence electrons. The van der Waals surface area contributed by atoms with Gasteiger partial charge in [0, 0.05) is 14.2 Å². The van der Waals surface area contributed by atoms with Crippen molar-refractivity contribution in [2.24, 2.45) is 7.05 Å². The Morgan fingerprint density at radius 3 is 2.65 bits per heavy atom. The summed E-state index contributed by atoms with van der Waals surface area (Å²) in [6.07, 6.45) is 3.82. The van der Waals surface area contributed by atoms with Crippen LogP contribution in [0.25, 0.3) is 0 Å². The fourth-order valence-corrected chi connectivity index (χ4v) is 1.95. The second kappa shape index (κ2) is 6.12. The summed E-state index contributed by atoms with van der Waals surface area (Å²) in [7, 11) is 3.67. The van der Waals surface area contributed by atoms with Crippen LogP contribution < -0.4 is 5.32 Å². The summed E-state index contributed by atoms with van der Waals surface area (Å²) in [5.41, 5.74) is 0.814. The van der Waals surface area contributed by atoms with Crippen LogP contribution in [0.5, 0.6) is 0 Å². The largest absolute Gasteiger partial charge is 0.376 e. The standard InChI is InChI=1S/C12H24N4O/c1-6-8-13-11(12(3,7-2)17-5)10-9-14-15-16(10)4/h9,11,13H,6-8H2,1-5H3. The molecular formula is C12H24N4O. The maximum absolute atomic E-state index is 5.69. The summed E-state index contributed by atoms with van der Waals surface area (Å²) < 4.78 is 7.50. The minimum Gasteiger partial charge on any atom is -0.376 e. The molecule has 0 aliphatic carbocycles. The predicted molar refractivity (Wildman–Crippen MR) is 67.7 cm³/mol. The fourth-order valence-electron chi connectivity index (χ4n) is 1.95. The summed E-state index contributed by atoms with van der Waals surface area (Å²) in [5.74, 6) is 0. The van der Waals surface area contributed by atoms with Gasteiger partial charge in [0.15, 0.2) is 0 Å². The van der Waals surface area contributed by atoms with Crippen LogP contribution in [-0.4, -0.2) is 34.2 Å². The van der Waals surface area contributed by atoms with E-state index in [0.29, 0.717) is 0 Å². The Hall–Kier alpha value is -0.940. The highest BCUT2D eigenvalue weighted by Gasteiger charge is 2.35. The van der Waals surface area contributed by atoms with E-state index >= 15 is 0 Å². The molecule has 1 rings (SSSR count). The summed E-state index contributed by atoms with van der Waals surface area (Å²) in [4.78, 5) is 0. The molecule has 1 aromatic rings. The maximum Gasteiger partial charge on any atom is 0.0857 e. The first-order valence-corrected chi connectivity index (χ1v) is 6.22. The molecule has 1 aromatic heterocycles. The third kappa shape index (κ3) is 3.04. The van der Waals surface area contributed by atoms with Crippen LogP contribution in [0.15, 0.2) is 6.20 Å². The number of methoxy groups -OCH3 is 1. The molecule has 0 aliphatic rings. The Kier molecular flexibility index (Phi) is 5.08. The second-order valence-electron chi connectivity index (χ2n) is 4.54. The van der Waals surface area contributed by atoms with Crippen LogP contribution >= 0.6 is 0 Å². The van der Waals surface area contributed by atoms with E-state index in [1.54, 1.807) is 18.0 Å². The van der Waals surface area contributed by atoms with Crippen LogP contribution in [0.3, 0.4) is 0 Å². The molecule has 0 fully saturated rings. The van der Waals surface area contributed by atoms with Crippen LogP contribution in [0, 0.1) is 0 Å². The Bertz CT molecular complexity index is 333. The quantitative estimate of drug-likeness (QED) is 0.787. The zero-order valence-corrected chi connectivity index (χ0v) is 11.5. The van der Waals surface area contributed by atoms with E-state index < -0.39 is 0 Å². The lowest BCUT2D eigenvalue weighted by atomic mass is 9.90. The monoisotopic (exact) mass is 240 g/mol. The van der Waals surface area contributed by atoms with Crippen molar-refractivity contribution in [2.75, 3.05) is 13.7 Å². The van der Waals surface area contributed by atoms with Gasteiger partial charge in [-0.1, -0.05) is 19.1 Å². The van der Waals surface area contributed by atoms with Crippen LogP contribution in [0.2, 0.25) is 0 Å². The molecule has 0 radical (unpaired) electrons. The summed E-state index contributed by atoms with van der Waals surface area (Å²) in [6.45, 7) is 7.36. The van der Waals surface area contributed by atoms with Gasteiger partial charge in [-0.25, -0.2) is 0 Å². The summed E-state index contributed by atoms with van der Waals surface area (Å²) >= 11 is 0. The van der Waals surface area contributed by atoms with Crippen molar-refractivity contribution in [3.63, 3.8) is 0 Å². The molecule has 0 saturated carbocycles. The first-order valence-electron chi connectivity index (χ1n) is 6.22. The zero-order chi connectivity index (χ0) is 12.9. The van der Waals surface area contributed by atoms with E-state index in [2.05, 4.69) is 36.4 Å². The SMILES string of the molecule is CCCNC(c1cnnn1C)C(C)(CC)OC. The molecule has 5 nitrogen and oxygen atoms in total. The zero-order valence-electron chi connectivity index (χ0n) is 11.5. The van der Waals surface area contributed by atoms with Crippen molar-refractivity contribution in [2.45, 2.75) is 45.3 Å². The number of nitrogens with zero attached hydrogens (tertiary/aromatic N) is 3. The van der Waals surface area contributed by atoms with Crippen molar-refractivity contribution in [3.8, 4) is 0 Å². The van der Waals surface area contributed by atoms with Gasteiger partial charge in [-0.05, 0) is 26.3 Å². The van der Waals surface area contributed by atoms with E-state index in [-0.39, 0.29) is 11.6 Å². The van der Waals surface area contributed by atoms with Gasteiger partial charge in [0.05, 0.1) is 23.5 Å². The maximum atomic E-state index is 5.69. The van der Waals surface area contributed by atoms with E-state index in [9.17, 15) is 0 Å². The van der Waals surface area contributed by atoms with Gasteiger partial charge in [0.1, 0.15) is 0 Å². The smallest absolute Gasteiger partial charge is 0.0857 e. The molecule has 1 N–H and O–H groups in total. The first-order chi connectivity index (χ1) is 8.09. The molecule has 0 aromatic carbocycles. The average Bonchev–Trinajstić information content (AvgIpc) is 2.75. The third-order valence-corrected chi connectivity index (χ3v) is 3.42. The molecule has 0 spiro atoms.